The number of alkyl halides is 1. The first-order valence-corrected chi connectivity index (χ1v) is 6.53. The molecule has 0 bridgehead atoms. The van der Waals surface area contributed by atoms with Gasteiger partial charge in [0.2, 0.25) is 0 Å². The van der Waals surface area contributed by atoms with Crippen molar-refractivity contribution in [2.45, 2.75) is 38.2 Å². The Morgan fingerprint density at radius 2 is 2.29 bits per heavy atom. The minimum Gasteiger partial charge on any atom is -0.248 e. The molecule has 0 aromatic carbocycles. The summed E-state index contributed by atoms with van der Waals surface area (Å²) in [5, 5.41) is 12.3. The molecule has 17 heavy (non-hydrogen) atoms. The van der Waals surface area contributed by atoms with Gasteiger partial charge in [0.1, 0.15) is 18.7 Å². The van der Waals surface area contributed by atoms with Gasteiger partial charge in [0.25, 0.3) is 0 Å². The van der Waals surface area contributed by atoms with Crippen LogP contribution in [0.15, 0.2) is 12.5 Å². The Balaban J connectivity index is 2.11. The Hall–Kier alpha value is -1.24. The van der Waals surface area contributed by atoms with Gasteiger partial charge in [-0.15, -0.1) is 5.10 Å². The van der Waals surface area contributed by atoms with E-state index in [9.17, 15) is 0 Å². The maximum atomic E-state index is 4.24. The van der Waals surface area contributed by atoms with E-state index in [1.54, 1.807) is 11.0 Å². The molecule has 7 heteroatoms. The molecule has 0 aliphatic heterocycles. The predicted octanol–water partition coefficient (Wildman–Crippen LogP) is 1.78. The van der Waals surface area contributed by atoms with Crippen molar-refractivity contribution in [1.82, 2.24) is 29.8 Å². The van der Waals surface area contributed by atoms with E-state index < -0.39 is 0 Å². The van der Waals surface area contributed by atoms with Crippen LogP contribution in [0.5, 0.6) is 0 Å². The number of aromatic nitrogens is 6. The van der Waals surface area contributed by atoms with Gasteiger partial charge in [0, 0.05) is 6.54 Å². The van der Waals surface area contributed by atoms with Crippen molar-refractivity contribution in [2.75, 3.05) is 0 Å². The van der Waals surface area contributed by atoms with Gasteiger partial charge < -0.3 is 0 Å². The smallest absolute Gasteiger partial charge is 0.148 e. The van der Waals surface area contributed by atoms with Crippen LogP contribution in [0.25, 0.3) is 0 Å². The molecule has 1 unspecified atom stereocenters. The summed E-state index contributed by atoms with van der Waals surface area (Å²) < 4.78 is 3.68. The summed E-state index contributed by atoms with van der Waals surface area (Å²) in [6.45, 7) is 5.62. The fourth-order valence-corrected chi connectivity index (χ4v) is 1.74. The Kier molecular flexibility index (Phi) is 3.88. The van der Waals surface area contributed by atoms with E-state index in [1.807, 2.05) is 17.8 Å². The highest BCUT2D eigenvalue weighted by molar-refractivity contribution is 9.09. The van der Waals surface area contributed by atoms with Crippen LogP contribution in [0.1, 0.15) is 36.6 Å². The monoisotopic (exact) mass is 298 g/mol. The summed E-state index contributed by atoms with van der Waals surface area (Å²) in [6.07, 6.45) is 4.54. The number of hydrogen-bond acceptors (Lipinski definition) is 4. The zero-order valence-electron chi connectivity index (χ0n) is 9.91. The van der Waals surface area contributed by atoms with Crippen LogP contribution >= 0.6 is 15.9 Å². The normalized spacial score (nSPS) is 12.9. The minimum absolute atomic E-state index is 0.213. The third-order valence-electron chi connectivity index (χ3n) is 2.40. The van der Waals surface area contributed by atoms with Crippen molar-refractivity contribution in [3.8, 4) is 0 Å². The number of halogens is 1. The van der Waals surface area contributed by atoms with Crippen LogP contribution in [-0.4, -0.2) is 29.8 Å². The van der Waals surface area contributed by atoms with E-state index in [-0.39, 0.29) is 4.83 Å². The summed E-state index contributed by atoms with van der Waals surface area (Å²) in [5.74, 6) is 0.908. The van der Waals surface area contributed by atoms with Crippen LogP contribution in [0, 0.1) is 0 Å². The minimum atomic E-state index is 0.213. The second-order valence-electron chi connectivity index (χ2n) is 3.86. The summed E-state index contributed by atoms with van der Waals surface area (Å²) in [4.78, 5) is 4.45. The maximum absolute atomic E-state index is 4.24. The van der Waals surface area contributed by atoms with Crippen LogP contribution in [-0.2, 0) is 13.1 Å². The van der Waals surface area contributed by atoms with E-state index in [1.165, 1.54) is 0 Å². The summed E-state index contributed by atoms with van der Waals surface area (Å²) in [7, 11) is 0. The molecule has 2 aromatic rings. The van der Waals surface area contributed by atoms with Gasteiger partial charge in [-0.05, 0) is 13.3 Å². The molecule has 0 N–H and O–H groups in total. The van der Waals surface area contributed by atoms with Gasteiger partial charge in [-0.1, -0.05) is 28.1 Å². The zero-order valence-corrected chi connectivity index (χ0v) is 11.5. The molecule has 2 rings (SSSR count). The third-order valence-corrected chi connectivity index (χ3v) is 2.87. The number of rotatable bonds is 5. The van der Waals surface area contributed by atoms with E-state index >= 15 is 0 Å². The Labute approximate surface area is 108 Å². The molecular formula is C10H15BrN6. The van der Waals surface area contributed by atoms with Crippen molar-refractivity contribution in [3.05, 3.63) is 24.0 Å². The number of nitrogens with zero attached hydrogens (tertiary/aromatic N) is 6. The molecule has 0 aliphatic rings. The molecule has 0 radical (unpaired) electrons. The third kappa shape index (κ3) is 2.91. The molecular weight excluding hydrogens is 284 g/mol. The largest absolute Gasteiger partial charge is 0.248 e. The molecule has 0 saturated heterocycles. The Bertz CT molecular complexity index is 475. The molecule has 92 valence electrons. The van der Waals surface area contributed by atoms with Gasteiger partial charge in [0.15, 0.2) is 0 Å². The van der Waals surface area contributed by atoms with Crippen molar-refractivity contribution in [2.24, 2.45) is 0 Å². The van der Waals surface area contributed by atoms with Crippen molar-refractivity contribution in [1.29, 1.82) is 0 Å². The average Bonchev–Trinajstić information content (AvgIpc) is 2.90. The van der Waals surface area contributed by atoms with Crippen LogP contribution in [0.2, 0.25) is 0 Å². The highest BCUT2D eigenvalue weighted by Gasteiger charge is 2.09. The van der Waals surface area contributed by atoms with Crippen molar-refractivity contribution < 1.29 is 0 Å². The molecule has 2 aromatic heterocycles. The quantitative estimate of drug-likeness (QED) is 0.790. The SMILES string of the molecule is CCCn1ncnc1Cn1cc(C(C)Br)nn1. The molecule has 2 heterocycles. The first kappa shape index (κ1) is 12.2. The van der Waals surface area contributed by atoms with E-state index in [4.69, 9.17) is 0 Å². The lowest BCUT2D eigenvalue weighted by Gasteiger charge is -2.03. The van der Waals surface area contributed by atoms with Gasteiger partial charge >= 0.3 is 0 Å². The molecule has 0 fully saturated rings. The predicted molar refractivity (Wildman–Crippen MR) is 66.8 cm³/mol. The van der Waals surface area contributed by atoms with Crippen molar-refractivity contribution in [3.63, 3.8) is 0 Å². The molecule has 0 amide bonds. The second-order valence-corrected chi connectivity index (χ2v) is 5.23. The Morgan fingerprint density at radius 3 is 2.94 bits per heavy atom. The lowest BCUT2D eigenvalue weighted by molar-refractivity contribution is 0.532. The van der Waals surface area contributed by atoms with Crippen LogP contribution in [0.3, 0.4) is 0 Å². The molecule has 6 nitrogen and oxygen atoms in total. The lowest BCUT2D eigenvalue weighted by atomic mass is 10.4. The van der Waals surface area contributed by atoms with E-state index in [2.05, 4.69) is 43.2 Å². The fraction of sp³-hybridized carbons (Fsp3) is 0.600. The topological polar surface area (TPSA) is 61.4 Å². The van der Waals surface area contributed by atoms with E-state index in [0.29, 0.717) is 6.54 Å². The van der Waals surface area contributed by atoms with E-state index in [0.717, 1.165) is 24.5 Å². The highest BCUT2D eigenvalue weighted by Crippen LogP contribution is 2.18. The molecule has 0 saturated carbocycles. The average molecular weight is 299 g/mol. The maximum Gasteiger partial charge on any atom is 0.148 e. The first-order chi connectivity index (χ1) is 8.20. The first-order valence-electron chi connectivity index (χ1n) is 5.61. The molecule has 0 spiro atoms. The van der Waals surface area contributed by atoms with Gasteiger partial charge in [-0.3, -0.25) is 0 Å². The fourth-order valence-electron chi connectivity index (χ4n) is 1.53. The number of hydrogen-bond donors (Lipinski definition) is 0. The second kappa shape index (κ2) is 5.39. The molecule has 0 aliphatic carbocycles. The van der Waals surface area contributed by atoms with Crippen LogP contribution < -0.4 is 0 Å². The summed E-state index contributed by atoms with van der Waals surface area (Å²) in [6, 6.07) is 0. The van der Waals surface area contributed by atoms with Gasteiger partial charge in [0.05, 0.1) is 16.7 Å². The lowest BCUT2D eigenvalue weighted by Crippen LogP contribution is -2.10. The zero-order chi connectivity index (χ0) is 12.3. The van der Waals surface area contributed by atoms with Crippen molar-refractivity contribution >= 4 is 15.9 Å². The van der Waals surface area contributed by atoms with Gasteiger partial charge in [-0.2, -0.15) is 5.10 Å². The molecule has 1 atom stereocenters. The summed E-state index contributed by atoms with van der Waals surface area (Å²) >= 11 is 3.46. The highest BCUT2D eigenvalue weighted by atomic mass is 79.9. The number of aryl methyl sites for hydroxylation is 1. The summed E-state index contributed by atoms with van der Waals surface area (Å²) in [5.41, 5.74) is 0.923. The van der Waals surface area contributed by atoms with Gasteiger partial charge in [-0.25, -0.2) is 14.3 Å². The standard InChI is InChI=1S/C10H15BrN6/c1-3-4-17-10(12-7-13-17)6-16-5-9(8(2)11)14-15-16/h5,7-8H,3-4,6H2,1-2H3. The van der Waals surface area contributed by atoms with Crippen LogP contribution in [0.4, 0.5) is 0 Å². The Morgan fingerprint density at radius 1 is 1.47 bits per heavy atom.